The van der Waals surface area contributed by atoms with E-state index in [1.165, 1.54) is 24.0 Å². The van der Waals surface area contributed by atoms with Crippen LogP contribution in [0.3, 0.4) is 0 Å². The van der Waals surface area contributed by atoms with Crippen LogP contribution in [0.2, 0.25) is 0 Å². The van der Waals surface area contributed by atoms with Gasteiger partial charge < -0.3 is 15.9 Å². The van der Waals surface area contributed by atoms with Gasteiger partial charge in [0.05, 0.1) is 12.2 Å². The summed E-state index contributed by atoms with van der Waals surface area (Å²) in [5, 5.41) is 21.0. The molecule has 0 unspecified atom stereocenters. The van der Waals surface area contributed by atoms with Gasteiger partial charge in [-0.25, -0.2) is 0 Å². The SMILES string of the molecule is CCCC[C@H](C)C[C@H](O)C=C[C@@H]1[C@H]2CC(Cc3ccc(C(N)=O)cc3)=C[C@H]2C[C@H]1O. The number of carbonyl (C=O) groups excluding carboxylic acids is 1. The molecule has 1 aromatic rings. The Bertz CT molecular complexity index is 767. The van der Waals surface area contributed by atoms with Gasteiger partial charge in [-0.15, -0.1) is 0 Å². The first-order valence-electron chi connectivity index (χ1n) is 11.5. The van der Waals surface area contributed by atoms with Gasteiger partial charge in [-0.05, 0) is 61.1 Å². The fourth-order valence-corrected chi connectivity index (χ4v) is 5.20. The number of aliphatic hydroxyl groups excluding tert-OH is 2. The van der Waals surface area contributed by atoms with E-state index in [0.717, 1.165) is 32.1 Å². The van der Waals surface area contributed by atoms with Crippen molar-refractivity contribution < 1.29 is 15.0 Å². The number of benzene rings is 1. The van der Waals surface area contributed by atoms with Gasteiger partial charge in [0, 0.05) is 11.5 Å². The van der Waals surface area contributed by atoms with Crippen LogP contribution in [0.4, 0.5) is 0 Å². The highest BCUT2D eigenvalue weighted by atomic mass is 16.3. The first kappa shape index (κ1) is 22.8. The molecule has 1 fully saturated rings. The molecule has 1 saturated carbocycles. The summed E-state index contributed by atoms with van der Waals surface area (Å²) in [5.41, 5.74) is 8.43. The maximum Gasteiger partial charge on any atom is 0.248 e. The Morgan fingerprint density at radius 1 is 1.30 bits per heavy atom. The van der Waals surface area contributed by atoms with Crippen molar-refractivity contribution in [1.29, 1.82) is 0 Å². The topological polar surface area (TPSA) is 83.5 Å². The highest BCUT2D eigenvalue weighted by molar-refractivity contribution is 5.92. The molecule has 4 nitrogen and oxygen atoms in total. The van der Waals surface area contributed by atoms with Crippen molar-refractivity contribution in [2.24, 2.45) is 29.4 Å². The molecule has 4 N–H and O–H groups in total. The van der Waals surface area contributed by atoms with E-state index in [4.69, 9.17) is 5.73 Å². The number of fused-ring (bicyclic) bond motifs is 1. The fraction of sp³-hybridized carbons (Fsp3) is 0.577. The highest BCUT2D eigenvalue weighted by Crippen LogP contribution is 2.47. The molecule has 6 atom stereocenters. The zero-order valence-electron chi connectivity index (χ0n) is 18.3. The van der Waals surface area contributed by atoms with Gasteiger partial charge in [-0.3, -0.25) is 4.79 Å². The number of primary amides is 1. The maximum absolute atomic E-state index is 11.2. The van der Waals surface area contributed by atoms with Crippen LogP contribution in [0.25, 0.3) is 0 Å². The van der Waals surface area contributed by atoms with E-state index in [-0.39, 0.29) is 12.0 Å². The minimum absolute atomic E-state index is 0.113. The maximum atomic E-state index is 11.2. The van der Waals surface area contributed by atoms with Crippen molar-refractivity contribution in [3.63, 3.8) is 0 Å². The van der Waals surface area contributed by atoms with Gasteiger partial charge in [0.1, 0.15) is 0 Å². The van der Waals surface area contributed by atoms with Crippen LogP contribution in [-0.4, -0.2) is 28.3 Å². The Labute approximate surface area is 180 Å². The molecule has 0 aromatic heterocycles. The van der Waals surface area contributed by atoms with E-state index in [1.54, 1.807) is 12.1 Å². The second-order valence-electron chi connectivity index (χ2n) is 9.41. The van der Waals surface area contributed by atoms with Gasteiger partial charge in [-0.2, -0.15) is 0 Å². The Hall–Kier alpha value is -1.91. The average Bonchev–Trinajstić information content (AvgIpc) is 3.21. The zero-order valence-corrected chi connectivity index (χ0v) is 18.3. The van der Waals surface area contributed by atoms with Crippen LogP contribution >= 0.6 is 0 Å². The molecule has 1 aromatic carbocycles. The molecule has 30 heavy (non-hydrogen) atoms. The lowest BCUT2D eigenvalue weighted by atomic mass is 9.88. The van der Waals surface area contributed by atoms with Crippen molar-refractivity contribution in [3.05, 3.63) is 59.2 Å². The standard InChI is InChI=1S/C26H37NO3/c1-3-4-5-17(2)12-22(28)10-11-23-24-15-19(14-21(24)16-25(23)29)13-18-6-8-20(9-7-18)26(27)30/h6-11,14,17,21-25,28-29H,3-5,12-13,15-16H2,1-2H3,(H2,27,30)/t17-,21-,22+,23+,24-,25+/m0/s1. The summed E-state index contributed by atoms with van der Waals surface area (Å²) in [6.07, 6.45) is 12.6. The van der Waals surface area contributed by atoms with Crippen LogP contribution in [0.1, 0.15) is 68.3 Å². The quantitative estimate of drug-likeness (QED) is 0.499. The van der Waals surface area contributed by atoms with E-state index >= 15 is 0 Å². The Morgan fingerprint density at radius 3 is 2.70 bits per heavy atom. The molecule has 0 aliphatic heterocycles. The number of hydrogen-bond acceptors (Lipinski definition) is 3. The third-order valence-corrected chi connectivity index (χ3v) is 6.87. The average molecular weight is 412 g/mol. The Kier molecular flexibility index (Phi) is 7.90. The highest BCUT2D eigenvalue weighted by Gasteiger charge is 2.43. The number of nitrogens with two attached hydrogens (primary N) is 1. The predicted molar refractivity (Wildman–Crippen MR) is 121 cm³/mol. The van der Waals surface area contributed by atoms with E-state index in [0.29, 0.717) is 23.3 Å². The van der Waals surface area contributed by atoms with Crippen LogP contribution in [0.5, 0.6) is 0 Å². The second-order valence-corrected chi connectivity index (χ2v) is 9.41. The van der Waals surface area contributed by atoms with Gasteiger partial charge >= 0.3 is 0 Å². The van der Waals surface area contributed by atoms with Crippen molar-refractivity contribution in [1.82, 2.24) is 0 Å². The van der Waals surface area contributed by atoms with Gasteiger partial charge in [0.15, 0.2) is 0 Å². The molecule has 164 valence electrons. The predicted octanol–water partition coefficient (Wildman–Crippen LogP) is 4.40. The van der Waals surface area contributed by atoms with Crippen LogP contribution in [0.15, 0.2) is 48.1 Å². The first-order chi connectivity index (χ1) is 14.4. The van der Waals surface area contributed by atoms with Crippen molar-refractivity contribution >= 4 is 5.91 Å². The van der Waals surface area contributed by atoms with E-state index < -0.39 is 12.0 Å². The summed E-state index contributed by atoms with van der Waals surface area (Å²) in [6, 6.07) is 7.51. The number of amides is 1. The Morgan fingerprint density at radius 2 is 2.03 bits per heavy atom. The molecule has 1 amide bonds. The molecule has 3 rings (SSSR count). The van der Waals surface area contributed by atoms with Crippen molar-refractivity contribution in [2.45, 2.75) is 71.0 Å². The smallest absolute Gasteiger partial charge is 0.248 e. The molecule has 0 bridgehead atoms. The third-order valence-electron chi connectivity index (χ3n) is 6.87. The molecule has 0 spiro atoms. The minimum atomic E-state index is -0.430. The largest absolute Gasteiger partial charge is 0.392 e. The zero-order chi connectivity index (χ0) is 21.7. The monoisotopic (exact) mass is 411 g/mol. The lowest BCUT2D eigenvalue weighted by Gasteiger charge is -2.19. The molecule has 4 heteroatoms. The van der Waals surface area contributed by atoms with E-state index in [1.807, 2.05) is 18.2 Å². The van der Waals surface area contributed by atoms with Gasteiger partial charge in [0.2, 0.25) is 5.91 Å². The van der Waals surface area contributed by atoms with E-state index in [2.05, 4.69) is 26.0 Å². The van der Waals surface area contributed by atoms with Crippen LogP contribution in [0, 0.1) is 23.7 Å². The summed E-state index contributed by atoms with van der Waals surface area (Å²) >= 11 is 0. The summed E-state index contributed by atoms with van der Waals surface area (Å²) in [5.74, 6) is 1.06. The lowest BCUT2D eigenvalue weighted by molar-refractivity contribution is 0.1000. The summed E-state index contributed by atoms with van der Waals surface area (Å²) in [7, 11) is 0. The summed E-state index contributed by atoms with van der Waals surface area (Å²) in [6.45, 7) is 4.40. The van der Waals surface area contributed by atoms with Crippen molar-refractivity contribution in [2.75, 3.05) is 0 Å². The first-order valence-corrected chi connectivity index (χ1v) is 11.5. The van der Waals surface area contributed by atoms with E-state index in [9.17, 15) is 15.0 Å². The molecule has 2 aliphatic rings. The number of rotatable bonds is 10. The fourth-order valence-electron chi connectivity index (χ4n) is 5.20. The second kappa shape index (κ2) is 10.4. The normalized spacial score (nSPS) is 27.8. The molecular formula is C26H37NO3. The van der Waals surface area contributed by atoms with Gasteiger partial charge in [-0.1, -0.05) is 69.0 Å². The number of carbonyl (C=O) groups is 1. The van der Waals surface area contributed by atoms with Gasteiger partial charge in [0.25, 0.3) is 0 Å². The Balaban J connectivity index is 1.55. The molecule has 2 aliphatic carbocycles. The van der Waals surface area contributed by atoms with Crippen LogP contribution < -0.4 is 5.73 Å². The summed E-state index contributed by atoms with van der Waals surface area (Å²) in [4.78, 5) is 11.2. The third kappa shape index (κ3) is 5.83. The minimum Gasteiger partial charge on any atom is -0.392 e. The van der Waals surface area contributed by atoms with Crippen LogP contribution in [-0.2, 0) is 6.42 Å². The number of allylic oxidation sites excluding steroid dienone is 2. The molecule has 0 saturated heterocycles. The van der Waals surface area contributed by atoms with Crippen molar-refractivity contribution in [3.8, 4) is 0 Å². The number of aliphatic hydroxyl groups is 2. The number of hydrogen-bond donors (Lipinski definition) is 3. The number of unbranched alkanes of at least 4 members (excludes halogenated alkanes) is 1. The molecule has 0 heterocycles. The molecular weight excluding hydrogens is 374 g/mol. The lowest BCUT2D eigenvalue weighted by Crippen LogP contribution is -2.18. The molecule has 0 radical (unpaired) electrons. The summed E-state index contributed by atoms with van der Waals surface area (Å²) < 4.78 is 0.